The van der Waals surface area contributed by atoms with Crippen LogP contribution in [0.3, 0.4) is 0 Å². The van der Waals surface area contributed by atoms with Gasteiger partial charge in [-0.25, -0.2) is 0 Å². The Morgan fingerprint density at radius 1 is 1.33 bits per heavy atom. The molecule has 1 aromatic heterocycles. The number of aromatic hydroxyl groups is 2. The van der Waals surface area contributed by atoms with E-state index in [-0.39, 0.29) is 17.1 Å². The van der Waals surface area contributed by atoms with E-state index in [4.69, 9.17) is 0 Å². The van der Waals surface area contributed by atoms with Gasteiger partial charge in [0, 0.05) is 6.54 Å². The monoisotopic (exact) mass is 262 g/mol. The fraction of sp³-hybridized carbons (Fsp3) is 0.167. The molecule has 0 radical (unpaired) electrons. The van der Waals surface area contributed by atoms with E-state index in [1.807, 2.05) is 0 Å². The lowest BCUT2D eigenvalue weighted by molar-refractivity contribution is 0.403. The Balaban J connectivity index is 2.18. The van der Waals surface area contributed by atoms with Crippen LogP contribution in [0.5, 0.6) is 11.5 Å². The quantitative estimate of drug-likeness (QED) is 0.698. The molecule has 0 atom stereocenters. The summed E-state index contributed by atoms with van der Waals surface area (Å²) in [6.07, 6.45) is 1.69. The van der Waals surface area contributed by atoms with Gasteiger partial charge in [0.15, 0.2) is 16.3 Å². The van der Waals surface area contributed by atoms with E-state index in [1.165, 1.54) is 23.5 Å². The number of aromatic nitrogens is 1. The summed E-state index contributed by atoms with van der Waals surface area (Å²) in [5.41, 5.74) is 0.617. The summed E-state index contributed by atoms with van der Waals surface area (Å²) in [6.45, 7) is 1.31. The van der Waals surface area contributed by atoms with Crippen molar-refractivity contribution in [3.05, 3.63) is 43.5 Å². The first kappa shape index (κ1) is 11.0. The van der Waals surface area contributed by atoms with E-state index in [0.29, 0.717) is 23.2 Å². The third kappa shape index (κ3) is 1.70. The minimum atomic E-state index is -0.197. The van der Waals surface area contributed by atoms with Crippen molar-refractivity contribution in [2.75, 3.05) is 6.54 Å². The molecule has 3 rings (SSSR count). The molecular formula is C12H10N2O3S. The highest BCUT2D eigenvalue weighted by atomic mass is 32.1. The third-order valence-electron chi connectivity index (χ3n) is 2.76. The van der Waals surface area contributed by atoms with Gasteiger partial charge in [-0.2, -0.15) is 0 Å². The smallest absolute Gasteiger partial charge is 0.270 e. The molecule has 1 aromatic carbocycles. The minimum Gasteiger partial charge on any atom is -0.504 e. The van der Waals surface area contributed by atoms with Gasteiger partial charge in [-0.05, 0) is 23.8 Å². The standard InChI is InChI=1S/C12H10N2O3S/c15-8-2-1-7(5-9(8)16)6-10-11(17)14-4-3-13-12(14)18-10/h1-2,5-6,15-16H,3-4H2/b10-6-. The number of phenols is 2. The van der Waals surface area contributed by atoms with Gasteiger partial charge in [0.25, 0.3) is 5.56 Å². The Morgan fingerprint density at radius 2 is 2.17 bits per heavy atom. The molecule has 2 aromatic rings. The molecule has 0 saturated carbocycles. The summed E-state index contributed by atoms with van der Waals surface area (Å²) in [4.78, 5) is 17.0. The molecule has 0 unspecified atom stereocenters. The normalized spacial score (nSPS) is 14.6. The van der Waals surface area contributed by atoms with Crippen LogP contribution in [0.15, 0.2) is 28.0 Å². The highest BCUT2D eigenvalue weighted by Gasteiger charge is 2.09. The molecule has 1 aliphatic rings. The van der Waals surface area contributed by atoms with Crippen molar-refractivity contribution >= 4 is 17.4 Å². The van der Waals surface area contributed by atoms with Gasteiger partial charge in [-0.1, -0.05) is 17.4 Å². The Kier molecular flexibility index (Phi) is 2.45. The van der Waals surface area contributed by atoms with Crippen LogP contribution in [-0.2, 0) is 6.54 Å². The minimum absolute atomic E-state index is 0.0520. The second kappa shape index (κ2) is 3.99. The number of nitrogens with zero attached hydrogens (tertiary/aromatic N) is 2. The first-order valence-electron chi connectivity index (χ1n) is 5.43. The van der Waals surface area contributed by atoms with Crippen molar-refractivity contribution in [3.8, 4) is 11.5 Å². The molecule has 1 aliphatic heterocycles. The van der Waals surface area contributed by atoms with E-state index in [2.05, 4.69) is 4.99 Å². The molecule has 0 saturated heterocycles. The summed E-state index contributed by atoms with van der Waals surface area (Å²) >= 11 is 1.34. The van der Waals surface area contributed by atoms with Crippen molar-refractivity contribution in [1.82, 2.24) is 4.57 Å². The number of thiazole rings is 1. The van der Waals surface area contributed by atoms with Crippen molar-refractivity contribution < 1.29 is 10.2 Å². The number of phenolic OH excluding ortho intramolecular Hbond substituents is 2. The zero-order valence-electron chi connectivity index (χ0n) is 9.33. The van der Waals surface area contributed by atoms with Gasteiger partial charge in [-0.15, -0.1) is 0 Å². The first-order valence-corrected chi connectivity index (χ1v) is 6.24. The maximum absolute atomic E-state index is 12.0. The molecular weight excluding hydrogens is 252 g/mol. The fourth-order valence-electron chi connectivity index (χ4n) is 1.85. The molecule has 18 heavy (non-hydrogen) atoms. The first-order chi connectivity index (χ1) is 8.65. The topological polar surface area (TPSA) is 74.8 Å². The molecule has 6 heteroatoms. The zero-order valence-corrected chi connectivity index (χ0v) is 10.1. The molecule has 0 aliphatic carbocycles. The van der Waals surface area contributed by atoms with Gasteiger partial charge >= 0.3 is 0 Å². The van der Waals surface area contributed by atoms with Crippen LogP contribution < -0.4 is 14.9 Å². The second-order valence-corrected chi connectivity index (χ2v) is 4.99. The average molecular weight is 262 g/mol. The molecule has 2 heterocycles. The van der Waals surface area contributed by atoms with Crippen molar-refractivity contribution in [2.45, 2.75) is 6.54 Å². The molecule has 92 valence electrons. The van der Waals surface area contributed by atoms with E-state index in [0.717, 1.165) is 4.80 Å². The van der Waals surface area contributed by atoms with E-state index in [9.17, 15) is 15.0 Å². The zero-order chi connectivity index (χ0) is 12.7. The van der Waals surface area contributed by atoms with Gasteiger partial charge in [-0.3, -0.25) is 14.4 Å². The lowest BCUT2D eigenvalue weighted by atomic mass is 10.2. The summed E-state index contributed by atoms with van der Waals surface area (Å²) in [5, 5.41) is 18.6. The molecule has 0 bridgehead atoms. The number of hydrogen-bond donors (Lipinski definition) is 2. The van der Waals surface area contributed by atoms with E-state index < -0.39 is 0 Å². The number of benzene rings is 1. The SMILES string of the molecule is O=c1/c(=C/c2ccc(O)c(O)c2)sc2n1CCN=2. The number of fused-ring (bicyclic) bond motifs is 1. The lowest BCUT2D eigenvalue weighted by Crippen LogP contribution is -2.29. The Hall–Kier alpha value is -2.08. The number of rotatable bonds is 1. The Bertz CT molecular complexity index is 789. The maximum Gasteiger partial charge on any atom is 0.270 e. The summed E-state index contributed by atoms with van der Waals surface area (Å²) in [7, 11) is 0. The van der Waals surface area contributed by atoms with Crippen molar-refractivity contribution in [1.29, 1.82) is 0 Å². The van der Waals surface area contributed by atoms with Crippen LogP contribution in [-0.4, -0.2) is 21.3 Å². The third-order valence-corrected chi connectivity index (χ3v) is 3.80. The highest BCUT2D eigenvalue weighted by Crippen LogP contribution is 2.24. The van der Waals surface area contributed by atoms with Gasteiger partial charge in [0.1, 0.15) is 0 Å². The average Bonchev–Trinajstić information content (AvgIpc) is 2.89. The fourth-order valence-corrected chi connectivity index (χ4v) is 2.88. The molecule has 0 amide bonds. The highest BCUT2D eigenvalue weighted by molar-refractivity contribution is 7.07. The predicted molar refractivity (Wildman–Crippen MR) is 67.6 cm³/mol. The summed E-state index contributed by atoms with van der Waals surface area (Å²) in [5.74, 6) is -0.370. The van der Waals surface area contributed by atoms with Gasteiger partial charge in [0.05, 0.1) is 11.1 Å². The van der Waals surface area contributed by atoms with E-state index >= 15 is 0 Å². The van der Waals surface area contributed by atoms with Gasteiger partial charge in [0.2, 0.25) is 0 Å². The van der Waals surface area contributed by atoms with Crippen LogP contribution >= 0.6 is 11.3 Å². The van der Waals surface area contributed by atoms with Crippen LogP contribution in [0.25, 0.3) is 6.08 Å². The maximum atomic E-state index is 12.0. The van der Waals surface area contributed by atoms with E-state index in [1.54, 1.807) is 16.7 Å². The summed E-state index contributed by atoms with van der Waals surface area (Å²) < 4.78 is 2.23. The second-order valence-electron chi connectivity index (χ2n) is 3.98. The molecule has 0 fully saturated rings. The number of hydrogen-bond acceptors (Lipinski definition) is 5. The van der Waals surface area contributed by atoms with Crippen molar-refractivity contribution in [2.24, 2.45) is 4.99 Å². The molecule has 2 N–H and O–H groups in total. The van der Waals surface area contributed by atoms with Crippen LogP contribution in [0.2, 0.25) is 0 Å². The Morgan fingerprint density at radius 3 is 2.89 bits per heavy atom. The van der Waals surface area contributed by atoms with Crippen molar-refractivity contribution in [3.63, 3.8) is 0 Å². The van der Waals surface area contributed by atoms with Gasteiger partial charge < -0.3 is 10.2 Å². The summed E-state index contributed by atoms with van der Waals surface area (Å²) in [6, 6.07) is 4.45. The molecule has 5 nitrogen and oxygen atoms in total. The lowest BCUT2D eigenvalue weighted by Gasteiger charge is -1.97. The predicted octanol–water partition coefficient (Wildman–Crippen LogP) is -0.217. The van der Waals surface area contributed by atoms with Crippen LogP contribution in [0.1, 0.15) is 5.56 Å². The Labute approximate surface area is 106 Å². The van der Waals surface area contributed by atoms with Crippen LogP contribution in [0, 0.1) is 0 Å². The van der Waals surface area contributed by atoms with Crippen LogP contribution in [0.4, 0.5) is 0 Å². The molecule has 0 spiro atoms. The largest absolute Gasteiger partial charge is 0.504 e.